The number of hydrogen-bond acceptors (Lipinski definition) is 5. The smallest absolute Gasteiger partial charge is 0.253 e. The molecule has 0 spiro atoms. The van der Waals surface area contributed by atoms with Crippen molar-refractivity contribution in [3.8, 4) is 5.69 Å². The number of anilines is 1. The van der Waals surface area contributed by atoms with Crippen molar-refractivity contribution in [2.75, 3.05) is 18.4 Å². The molecule has 4 rings (SSSR count). The Hall–Kier alpha value is -2.97. The SMILES string of the molecule is CC(=O)Nc1cnn(-c2ccc(C(=O)N3CCC(C(O)c4cccs4)CC3)cc2)c1. The fraction of sp³-hybridized carbons (Fsp3) is 0.318. The molecule has 0 radical (unpaired) electrons. The summed E-state index contributed by atoms with van der Waals surface area (Å²) in [5.74, 6) is 0.0416. The second-order valence-corrected chi connectivity index (χ2v) is 8.47. The second kappa shape index (κ2) is 8.81. The van der Waals surface area contributed by atoms with Crippen LogP contribution in [-0.2, 0) is 4.79 Å². The Labute approximate surface area is 178 Å². The van der Waals surface area contributed by atoms with Gasteiger partial charge in [-0.15, -0.1) is 11.3 Å². The summed E-state index contributed by atoms with van der Waals surface area (Å²) in [6.07, 6.45) is 4.44. The fourth-order valence-electron chi connectivity index (χ4n) is 3.78. The van der Waals surface area contributed by atoms with Gasteiger partial charge in [0.2, 0.25) is 5.91 Å². The Morgan fingerprint density at radius 2 is 1.93 bits per heavy atom. The third-order valence-corrected chi connectivity index (χ3v) is 6.33. The Kier molecular flexibility index (Phi) is 5.96. The molecule has 2 N–H and O–H groups in total. The van der Waals surface area contributed by atoms with Crippen LogP contribution in [0.5, 0.6) is 0 Å². The number of likely N-dealkylation sites (tertiary alicyclic amines) is 1. The standard InChI is InChI=1S/C22H24N4O3S/c1-15(27)24-18-13-23-26(14-18)19-6-4-17(5-7-19)22(29)25-10-8-16(9-11-25)21(28)20-3-2-12-30-20/h2-7,12-14,16,21,28H,8-11H2,1H3,(H,24,27). The highest BCUT2D eigenvalue weighted by Crippen LogP contribution is 2.33. The Bertz CT molecular complexity index is 1010. The molecule has 1 unspecified atom stereocenters. The summed E-state index contributed by atoms with van der Waals surface area (Å²) >= 11 is 1.57. The van der Waals surface area contributed by atoms with E-state index in [1.54, 1.807) is 40.5 Å². The van der Waals surface area contributed by atoms with Crippen molar-refractivity contribution in [2.24, 2.45) is 5.92 Å². The number of aliphatic hydroxyl groups excluding tert-OH is 1. The molecule has 1 aromatic carbocycles. The normalized spacial score (nSPS) is 15.7. The minimum atomic E-state index is -0.446. The van der Waals surface area contributed by atoms with E-state index >= 15 is 0 Å². The second-order valence-electron chi connectivity index (χ2n) is 7.49. The van der Waals surface area contributed by atoms with Crippen molar-refractivity contribution in [1.82, 2.24) is 14.7 Å². The maximum absolute atomic E-state index is 12.9. The minimum absolute atomic E-state index is 0.00464. The molecule has 8 heteroatoms. The number of aromatic nitrogens is 2. The number of nitrogens with zero attached hydrogens (tertiary/aromatic N) is 3. The Morgan fingerprint density at radius 3 is 2.57 bits per heavy atom. The highest BCUT2D eigenvalue weighted by atomic mass is 32.1. The zero-order valence-electron chi connectivity index (χ0n) is 16.7. The molecular formula is C22H24N4O3S. The van der Waals surface area contributed by atoms with Crippen LogP contribution in [0.3, 0.4) is 0 Å². The van der Waals surface area contributed by atoms with Gasteiger partial charge >= 0.3 is 0 Å². The Morgan fingerprint density at radius 1 is 1.20 bits per heavy atom. The molecule has 30 heavy (non-hydrogen) atoms. The first-order chi connectivity index (χ1) is 14.5. The van der Waals surface area contributed by atoms with E-state index in [4.69, 9.17) is 0 Å². The molecule has 2 amide bonds. The van der Waals surface area contributed by atoms with Gasteiger partial charge in [0, 0.05) is 30.5 Å². The van der Waals surface area contributed by atoms with Crippen LogP contribution in [0.15, 0.2) is 54.2 Å². The van der Waals surface area contributed by atoms with Crippen molar-refractivity contribution in [3.05, 3.63) is 64.6 Å². The molecule has 1 fully saturated rings. The number of amides is 2. The van der Waals surface area contributed by atoms with E-state index < -0.39 is 6.10 Å². The predicted octanol–water partition coefficient (Wildman–Crippen LogP) is 3.48. The first-order valence-corrected chi connectivity index (χ1v) is 10.8. The molecule has 2 aromatic heterocycles. The average Bonchev–Trinajstić information content (AvgIpc) is 3.45. The number of aliphatic hydroxyl groups is 1. The maximum Gasteiger partial charge on any atom is 0.253 e. The lowest BCUT2D eigenvalue weighted by molar-refractivity contribution is -0.114. The number of hydrogen-bond donors (Lipinski definition) is 2. The van der Waals surface area contributed by atoms with Crippen LogP contribution in [0.25, 0.3) is 5.69 Å². The third kappa shape index (κ3) is 4.44. The fourth-order valence-corrected chi connectivity index (χ4v) is 4.58. The van der Waals surface area contributed by atoms with Crippen molar-refractivity contribution < 1.29 is 14.7 Å². The van der Waals surface area contributed by atoms with Gasteiger partial charge in [-0.3, -0.25) is 9.59 Å². The molecule has 1 atom stereocenters. The number of thiophene rings is 1. The van der Waals surface area contributed by atoms with E-state index in [-0.39, 0.29) is 17.7 Å². The number of rotatable bonds is 5. The first-order valence-electron chi connectivity index (χ1n) is 9.94. The molecule has 0 saturated carbocycles. The zero-order chi connectivity index (χ0) is 21.1. The maximum atomic E-state index is 12.9. The molecule has 3 heterocycles. The van der Waals surface area contributed by atoms with Crippen LogP contribution in [0, 0.1) is 5.92 Å². The number of carbonyl (C=O) groups is 2. The van der Waals surface area contributed by atoms with Crippen molar-refractivity contribution in [3.63, 3.8) is 0 Å². The highest BCUT2D eigenvalue weighted by molar-refractivity contribution is 7.10. The minimum Gasteiger partial charge on any atom is -0.387 e. The molecule has 1 saturated heterocycles. The lowest BCUT2D eigenvalue weighted by atomic mass is 9.90. The monoisotopic (exact) mass is 424 g/mol. The lowest BCUT2D eigenvalue weighted by Gasteiger charge is -2.34. The summed E-state index contributed by atoms with van der Waals surface area (Å²) in [7, 11) is 0. The summed E-state index contributed by atoms with van der Waals surface area (Å²) in [6.45, 7) is 2.74. The van der Waals surface area contributed by atoms with Crippen LogP contribution in [0.1, 0.15) is 41.1 Å². The number of carbonyl (C=O) groups excluding carboxylic acids is 2. The molecule has 156 valence electrons. The summed E-state index contributed by atoms with van der Waals surface area (Å²) in [4.78, 5) is 26.9. The van der Waals surface area contributed by atoms with Crippen LogP contribution in [0.2, 0.25) is 0 Å². The van der Waals surface area contributed by atoms with E-state index in [2.05, 4.69) is 10.4 Å². The van der Waals surface area contributed by atoms with E-state index in [9.17, 15) is 14.7 Å². The summed E-state index contributed by atoms with van der Waals surface area (Å²) in [5, 5.41) is 19.4. The summed E-state index contributed by atoms with van der Waals surface area (Å²) < 4.78 is 1.65. The van der Waals surface area contributed by atoms with E-state index in [1.807, 2.05) is 34.5 Å². The predicted molar refractivity (Wildman–Crippen MR) is 116 cm³/mol. The molecule has 0 aliphatic carbocycles. The molecule has 1 aliphatic rings. The average molecular weight is 425 g/mol. The molecular weight excluding hydrogens is 400 g/mol. The van der Waals surface area contributed by atoms with Crippen LogP contribution in [-0.4, -0.2) is 44.7 Å². The van der Waals surface area contributed by atoms with Crippen LogP contribution < -0.4 is 5.32 Å². The van der Waals surface area contributed by atoms with E-state index in [0.29, 0.717) is 24.3 Å². The van der Waals surface area contributed by atoms with Gasteiger partial charge in [0.25, 0.3) is 5.91 Å². The van der Waals surface area contributed by atoms with Gasteiger partial charge in [0.1, 0.15) is 0 Å². The summed E-state index contributed by atoms with van der Waals surface area (Å²) in [5.41, 5.74) is 2.06. The van der Waals surface area contributed by atoms with Gasteiger partial charge in [-0.05, 0) is 54.5 Å². The number of piperidine rings is 1. The van der Waals surface area contributed by atoms with Gasteiger partial charge in [0.05, 0.1) is 29.9 Å². The van der Waals surface area contributed by atoms with E-state index in [1.165, 1.54) is 6.92 Å². The summed E-state index contributed by atoms with van der Waals surface area (Å²) in [6, 6.07) is 11.2. The molecule has 1 aliphatic heterocycles. The van der Waals surface area contributed by atoms with Gasteiger partial charge in [-0.2, -0.15) is 5.10 Å². The third-order valence-electron chi connectivity index (χ3n) is 5.39. The molecule has 3 aromatic rings. The van der Waals surface area contributed by atoms with Crippen LogP contribution in [0.4, 0.5) is 5.69 Å². The van der Waals surface area contributed by atoms with Crippen molar-refractivity contribution in [1.29, 1.82) is 0 Å². The first kappa shape index (κ1) is 20.3. The molecule has 7 nitrogen and oxygen atoms in total. The lowest BCUT2D eigenvalue weighted by Crippen LogP contribution is -2.39. The van der Waals surface area contributed by atoms with E-state index in [0.717, 1.165) is 23.4 Å². The molecule has 0 bridgehead atoms. The van der Waals surface area contributed by atoms with Gasteiger partial charge < -0.3 is 15.3 Å². The van der Waals surface area contributed by atoms with Gasteiger partial charge in [0.15, 0.2) is 0 Å². The zero-order valence-corrected chi connectivity index (χ0v) is 17.5. The van der Waals surface area contributed by atoms with Crippen molar-refractivity contribution in [2.45, 2.75) is 25.9 Å². The quantitative estimate of drug-likeness (QED) is 0.656. The topological polar surface area (TPSA) is 87.5 Å². The van der Waals surface area contributed by atoms with Gasteiger partial charge in [-0.25, -0.2) is 4.68 Å². The number of nitrogens with one attached hydrogen (secondary N) is 1. The largest absolute Gasteiger partial charge is 0.387 e. The van der Waals surface area contributed by atoms with Gasteiger partial charge in [-0.1, -0.05) is 6.07 Å². The highest BCUT2D eigenvalue weighted by Gasteiger charge is 2.29. The van der Waals surface area contributed by atoms with Crippen molar-refractivity contribution >= 4 is 28.8 Å². The Balaban J connectivity index is 1.36. The van der Waals surface area contributed by atoms with Crippen LogP contribution >= 0.6 is 11.3 Å². The number of benzene rings is 1.